The standard InChI is InChI=1S/C16H29N9O6/c17-23-20-4-8-29-12-16(13-30-9-5-21-24-18,14-31-10-6-22-25-19)11-28-7-2-1-3-15(26)27/h1-14H2,(H,26,27). The number of rotatable bonds is 22. The molecule has 31 heavy (non-hydrogen) atoms. The summed E-state index contributed by atoms with van der Waals surface area (Å²) in [7, 11) is 0. The molecule has 0 spiro atoms. The second-order valence-electron chi connectivity index (χ2n) is 6.42. The summed E-state index contributed by atoms with van der Waals surface area (Å²) >= 11 is 0. The fraction of sp³-hybridized carbons (Fsp3) is 0.938. The number of ether oxygens (including phenoxy) is 4. The van der Waals surface area contributed by atoms with Gasteiger partial charge < -0.3 is 24.1 Å². The van der Waals surface area contributed by atoms with E-state index in [4.69, 9.17) is 40.6 Å². The maximum absolute atomic E-state index is 10.6. The largest absolute Gasteiger partial charge is 0.481 e. The van der Waals surface area contributed by atoms with Gasteiger partial charge in [0.2, 0.25) is 0 Å². The second-order valence-corrected chi connectivity index (χ2v) is 6.42. The Balaban J connectivity index is 4.89. The number of carboxylic acids is 1. The molecule has 0 bridgehead atoms. The van der Waals surface area contributed by atoms with Crippen LogP contribution in [0.3, 0.4) is 0 Å². The molecule has 0 saturated carbocycles. The Bertz CT molecular complexity index is 567. The Labute approximate surface area is 179 Å². The molecule has 0 aliphatic heterocycles. The molecule has 0 amide bonds. The van der Waals surface area contributed by atoms with Gasteiger partial charge in [0.25, 0.3) is 0 Å². The molecule has 1 N–H and O–H groups in total. The van der Waals surface area contributed by atoms with Crippen molar-refractivity contribution in [1.82, 2.24) is 0 Å². The van der Waals surface area contributed by atoms with Gasteiger partial charge in [-0.1, -0.05) is 15.3 Å². The van der Waals surface area contributed by atoms with Gasteiger partial charge in [-0.3, -0.25) is 4.79 Å². The van der Waals surface area contributed by atoms with Crippen LogP contribution < -0.4 is 0 Å². The Kier molecular flexibility index (Phi) is 18.7. The van der Waals surface area contributed by atoms with E-state index in [-0.39, 0.29) is 72.3 Å². The van der Waals surface area contributed by atoms with Crippen LogP contribution in [0.15, 0.2) is 15.3 Å². The molecule has 0 unspecified atom stereocenters. The number of carboxylic acid groups (broad SMARTS) is 1. The summed E-state index contributed by atoms with van der Waals surface area (Å²) in [5.41, 5.74) is 24.3. The highest BCUT2D eigenvalue weighted by atomic mass is 16.5. The molecule has 0 aromatic carbocycles. The van der Waals surface area contributed by atoms with Crippen LogP contribution in [0.2, 0.25) is 0 Å². The molecule has 15 nitrogen and oxygen atoms in total. The van der Waals surface area contributed by atoms with Gasteiger partial charge in [0.15, 0.2) is 0 Å². The van der Waals surface area contributed by atoms with Gasteiger partial charge in [-0.15, -0.1) is 0 Å². The summed E-state index contributed by atoms with van der Waals surface area (Å²) in [5.74, 6) is -0.857. The van der Waals surface area contributed by atoms with E-state index in [0.29, 0.717) is 19.4 Å². The van der Waals surface area contributed by atoms with E-state index >= 15 is 0 Å². The predicted molar refractivity (Wildman–Crippen MR) is 109 cm³/mol. The number of unbranched alkanes of at least 4 members (excludes halogenated alkanes) is 1. The van der Waals surface area contributed by atoms with E-state index in [2.05, 4.69) is 30.1 Å². The molecule has 0 saturated heterocycles. The first kappa shape index (κ1) is 28.2. The number of aliphatic carboxylic acids is 1. The highest BCUT2D eigenvalue weighted by Crippen LogP contribution is 2.21. The highest BCUT2D eigenvalue weighted by molar-refractivity contribution is 5.66. The summed E-state index contributed by atoms with van der Waals surface area (Å²) < 4.78 is 22.6. The third kappa shape index (κ3) is 17.8. The molecular formula is C16H29N9O6. The van der Waals surface area contributed by atoms with E-state index < -0.39 is 11.4 Å². The average Bonchev–Trinajstić information content (AvgIpc) is 2.75. The summed E-state index contributed by atoms with van der Waals surface area (Å²) in [6.07, 6.45) is 1.15. The van der Waals surface area contributed by atoms with Gasteiger partial charge in [0, 0.05) is 47.4 Å². The van der Waals surface area contributed by atoms with Crippen molar-refractivity contribution in [3.8, 4) is 0 Å². The fourth-order valence-corrected chi connectivity index (χ4v) is 2.34. The van der Waals surface area contributed by atoms with Crippen molar-refractivity contribution >= 4 is 5.97 Å². The van der Waals surface area contributed by atoms with Crippen LogP contribution in [0.1, 0.15) is 19.3 Å². The minimum Gasteiger partial charge on any atom is -0.481 e. The number of hydrogen-bond acceptors (Lipinski definition) is 8. The van der Waals surface area contributed by atoms with Crippen molar-refractivity contribution in [3.63, 3.8) is 0 Å². The van der Waals surface area contributed by atoms with Gasteiger partial charge in [-0.25, -0.2) is 0 Å². The molecule has 0 fully saturated rings. The maximum Gasteiger partial charge on any atom is 0.303 e. The van der Waals surface area contributed by atoms with Crippen molar-refractivity contribution in [2.24, 2.45) is 20.8 Å². The Morgan fingerprint density at radius 3 is 1.45 bits per heavy atom. The monoisotopic (exact) mass is 443 g/mol. The van der Waals surface area contributed by atoms with Gasteiger partial charge >= 0.3 is 5.97 Å². The van der Waals surface area contributed by atoms with Gasteiger partial charge in [0.05, 0.1) is 51.7 Å². The number of nitrogens with zero attached hydrogens (tertiary/aromatic N) is 9. The minimum atomic E-state index is -0.857. The van der Waals surface area contributed by atoms with Crippen molar-refractivity contribution in [3.05, 3.63) is 31.3 Å². The zero-order valence-corrected chi connectivity index (χ0v) is 17.4. The molecule has 0 aliphatic carbocycles. The molecule has 0 aliphatic rings. The van der Waals surface area contributed by atoms with Crippen LogP contribution in [-0.4, -0.2) is 83.6 Å². The first-order valence-corrected chi connectivity index (χ1v) is 9.65. The summed E-state index contributed by atoms with van der Waals surface area (Å²) in [5, 5.41) is 18.9. The fourth-order valence-electron chi connectivity index (χ4n) is 2.34. The number of azide groups is 3. The normalized spacial score (nSPS) is 12.1. The van der Waals surface area contributed by atoms with Crippen molar-refractivity contribution < 1.29 is 28.8 Å². The van der Waals surface area contributed by atoms with E-state index in [1.165, 1.54) is 0 Å². The van der Waals surface area contributed by atoms with Gasteiger partial charge in [-0.05, 0) is 29.4 Å². The van der Waals surface area contributed by atoms with Crippen LogP contribution >= 0.6 is 0 Å². The lowest BCUT2D eigenvalue weighted by atomic mass is 9.92. The van der Waals surface area contributed by atoms with E-state index in [1.54, 1.807) is 0 Å². The topological polar surface area (TPSA) is 221 Å². The molecule has 174 valence electrons. The molecular weight excluding hydrogens is 414 g/mol. The van der Waals surface area contributed by atoms with Crippen LogP contribution in [0.4, 0.5) is 0 Å². The lowest BCUT2D eigenvalue weighted by Gasteiger charge is -2.33. The van der Waals surface area contributed by atoms with Crippen LogP contribution in [0.5, 0.6) is 0 Å². The summed E-state index contributed by atoms with van der Waals surface area (Å²) in [6, 6.07) is 0. The lowest BCUT2D eigenvalue weighted by molar-refractivity contribution is -0.137. The minimum absolute atomic E-state index is 0.0715. The maximum atomic E-state index is 10.6. The molecule has 0 aromatic heterocycles. The van der Waals surface area contributed by atoms with Crippen molar-refractivity contribution in [2.75, 3.05) is 72.5 Å². The van der Waals surface area contributed by atoms with E-state index in [0.717, 1.165) is 0 Å². The third-order valence-corrected chi connectivity index (χ3v) is 3.76. The third-order valence-electron chi connectivity index (χ3n) is 3.76. The molecule has 0 radical (unpaired) electrons. The number of hydrogen-bond donors (Lipinski definition) is 1. The molecule has 0 rings (SSSR count). The van der Waals surface area contributed by atoms with E-state index in [9.17, 15) is 4.79 Å². The second kappa shape index (κ2) is 20.5. The average molecular weight is 443 g/mol. The first-order chi connectivity index (χ1) is 15.1. The summed E-state index contributed by atoms with van der Waals surface area (Å²) in [6.45, 7) is 2.15. The van der Waals surface area contributed by atoms with Gasteiger partial charge in [0.1, 0.15) is 0 Å². The van der Waals surface area contributed by atoms with Crippen molar-refractivity contribution in [1.29, 1.82) is 0 Å². The zero-order chi connectivity index (χ0) is 23.0. The Morgan fingerprint density at radius 1 is 0.710 bits per heavy atom. The predicted octanol–water partition coefficient (Wildman–Crippen LogP) is 3.23. The van der Waals surface area contributed by atoms with E-state index in [1.807, 2.05) is 0 Å². The Morgan fingerprint density at radius 2 is 1.10 bits per heavy atom. The molecule has 15 heteroatoms. The lowest BCUT2D eigenvalue weighted by Crippen LogP contribution is -2.42. The van der Waals surface area contributed by atoms with Gasteiger partial charge in [-0.2, -0.15) is 0 Å². The van der Waals surface area contributed by atoms with Crippen LogP contribution in [0.25, 0.3) is 31.3 Å². The Hall–Kier alpha value is -2.76. The molecule has 0 atom stereocenters. The first-order valence-electron chi connectivity index (χ1n) is 9.65. The highest BCUT2D eigenvalue weighted by Gasteiger charge is 2.32. The van der Waals surface area contributed by atoms with Crippen LogP contribution in [0, 0.1) is 5.41 Å². The summed E-state index contributed by atoms with van der Waals surface area (Å²) in [4.78, 5) is 18.6. The molecule has 0 heterocycles. The quantitative estimate of drug-likeness (QED) is 0.114. The number of carbonyl (C=O) groups is 1. The zero-order valence-electron chi connectivity index (χ0n) is 17.4. The van der Waals surface area contributed by atoms with Crippen molar-refractivity contribution in [2.45, 2.75) is 19.3 Å². The molecule has 0 aromatic rings. The SMILES string of the molecule is [N-]=[N+]=NCCOCC(COCCCCC(=O)O)(COCCN=[N+]=[N-])COCCN=[N+]=[N-]. The van der Waals surface area contributed by atoms with Crippen LogP contribution in [-0.2, 0) is 23.7 Å². The smallest absolute Gasteiger partial charge is 0.303 e.